The molecule has 2 aromatic rings. The van der Waals surface area contributed by atoms with Gasteiger partial charge in [-0.1, -0.05) is 18.2 Å². The number of nitrogens with zero attached hydrogens (tertiary/aromatic N) is 1. The molecule has 22 heavy (non-hydrogen) atoms. The van der Waals surface area contributed by atoms with Gasteiger partial charge in [-0.2, -0.15) is 0 Å². The smallest absolute Gasteiger partial charge is 0.0896 e. The molecule has 1 unspecified atom stereocenters. The van der Waals surface area contributed by atoms with Crippen LogP contribution in [0.25, 0.3) is 5.57 Å². The Labute approximate surface area is 141 Å². The highest BCUT2D eigenvalue weighted by atomic mass is 32.1. The third-order valence-electron chi connectivity index (χ3n) is 5.84. The molecule has 3 heteroatoms. The fraction of sp³-hybridized carbons (Fsp3) is 0.474. The topological polar surface area (TPSA) is 0 Å². The normalized spacial score (nSPS) is 29.5. The van der Waals surface area contributed by atoms with Crippen LogP contribution in [-0.4, -0.2) is 30.7 Å². The highest BCUT2D eigenvalue weighted by molar-refractivity contribution is 7.13. The van der Waals surface area contributed by atoms with E-state index in [-0.39, 0.29) is 0 Å². The van der Waals surface area contributed by atoms with Gasteiger partial charge in [0.2, 0.25) is 0 Å². The van der Waals surface area contributed by atoms with Crippen LogP contribution < -0.4 is 0 Å². The van der Waals surface area contributed by atoms with Crippen molar-refractivity contribution in [1.82, 2.24) is 0 Å². The second kappa shape index (κ2) is 5.63. The van der Waals surface area contributed by atoms with Crippen molar-refractivity contribution in [3.63, 3.8) is 0 Å². The number of rotatable bonds is 3. The van der Waals surface area contributed by atoms with E-state index in [9.17, 15) is 0 Å². The Bertz CT molecular complexity index is 599. The van der Waals surface area contributed by atoms with E-state index in [0.717, 1.165) is 18.0 Å². The van der Waals surface area contributed by atoms with E-state index < -0.39 is 0 Å². The third-order valence-corrected chi connectivity index (χ3v) is 7.65. The molecule has 0 aromatic carbocycles. The van der Waals surface area contributed by atoms with Crippen molar-refractivity contribution in [2.24, 2.45) is 5.92 Å². The van der Waals surface area contributed by atoms with Crippen molar-refractivity contribution in [3.05, 3.63) is 50.9 Å². The molecule has 4 rings (SSSR count). The number of hydrogen-bond acceptors (Lipinski definition) is 2. The van der Waals surface area contributed by atoms with Crippen LogP contribution in [0, 0.1) is 5.92 Å². The molecule has 2 aliphatic rings. The van der Waals surface area contributed by atoms with Crippen molar-refractivity contribution in [2.75, 3.05) is 14.1 Å². The zero-order valence-corrected chi connectivity index (χ0v) is 15.0. The van der Waals surface area contributed by atoms with E-state index in [1.54, 1.807) is 0 Å². The molecule has 0 spiro atoms. The molecule has 0 N–H and O–H groups in total. The first kappa shape index (κ1) is 14.7. The number of thiophene rings is 2. The summed E-state index contributed by atoms with van der Waals surface area (Å²) in [7, 11) is 4.89. The average Bonchev–Trinajstić information content (AvgIpc) is 3.19. The Kier molecular flexibility index (Phi) is 3.75. The van der Waals surface area contributed by atoms with Crippen LogP contribution >= 0.6 is 22.7 Å². The highest BCUT2D eigenvalue weighted by Crippen LogP contribution is 2.44. The van der Waals surface area contributed by atoms with Crippen LogP contribution in [0.3, 0.4) is 0 Å². The number of fused-ring (bicyclic) bond motifs is 2. The highest BCUT2D eigenvalue weighted by Gasteiger charge is 2.48. The standard InChI is InChI=1S/C19H24NS2/c1-20(2)15-7-8-16(20)12-14(11-15)13-17(18-5-3-9-21-18)19-6-4-10-22-19/h3-6,9-10,13-16H,7-8,11-12H2,1-2H3/q+1/t14?,15-,16+. The lowest BCUT2D eigenvalue weighted by Gasteiger charge is -2.43. The van der Waals surface area contributed by atoms with E-state index in [4.69, 9.17) is 0 Å². The van der Waals surface area contributed by atoms with Crippen LogP contribution in [0.2, 0.25) is 0 Å². The molecule has 3 atom stereocenters. The van der Waals surface area contributed by atoms with Crippen LogP contribution in [0.4, 0.5) is 0 Å². The number of hydrogen-bond donors (Lipinski definition) is 0. The molecule has 0 radical (unpaired) electrons. The lowest BCUT2D eigenvalue weighted by molar-refractivity contribution is -0.931. The van der Waals surface area contributed by atoms with Gasteiger partial charge >= 0.3 is 0 Å². The van der Waals surface area contributed by atoms with Gasteiger partial charge in [0.15, 0.2) is 0 Å². The molecule has 2 aromatic heterocycles. The summed E-state index contributed by atoms with van der Waals surface area (Å²) < 4.78 is 1.26. The molecule has 0 aliphatic carbocycles. The minimum absolute atomic E-state index is 0.753. The molecule has 2 bridgehead atoms. The minimum Gasteiger partial charge on any atom is -0.324 e. The monoisotopic (exact) mass is 330 g/mol. The maximum Gasteiger partial charge on any atom is 0.0896 e. The second-order valence-electron chi connectivity index (χ2n) is 7.28. The number of quaternary nitrogens is 1. The molecule has 0 saturated carbocycles. The van der Waals surface area contributed by atoms with Crippen molar-refractivity contribution >= 4 is 28.2 Å². The Morgan fingerprint density at radius 1 is 1.00 bits per heavy atom. The summed E-state index contributed by atoms with van der Waals surface area (Å²) in [6.07, 6.45) is 8.18. The Morgan fingerprint density at radius 2 is 1.55 bits per heavy atom. The Balaban J connectivity index is 1.65. The van der Waals surface area contributed by atoms with Gasteiger partial charge in [-0.05, 0) is 28.8 Å². The molecular weight excluding hydrogens is 306 g/mol. The molecule has 1 nitrogen and oxygen atoms in total. The minimum atomic E-state index is 0.753. The quantitative estimate of drug-likeness (QED) is 0.674. The third kappa shape index (κ3) is 2.49. The van der Waals surface area contributed by atoms with Crippen LogP contribution in [0.15, 0.2) is 41.1 Å². The van der Waals surface area contributed by atoms with Crippen LogP contribution in [0.1, 0.15) is 35.4 Å². The average molecular weight is 331 g/mol. The lowest BCUT2D eigenvalue weighted by atomic mass is 9.87. The first-order chi connectivity index (χ1) is 10.6. The summed E-state index contributed by atoms with van der Waals surface area (Å²) >= 11 is 3.74. The summed E-state index contributed by atoms with van der Waals surface area (Å²) in [5.41, 5.74) is 1.47. The molecule has 0 amide bonds. The van der Waals surface area contributed by atoms with Crippen molar-refractivity contribution < 1.29 is 4.48 Å². The lowest BCUT2D eigenvalue weighted by Crippen LogP contribution is -2.54. The van der Waals surface area contributed by atoms with Gasteiger partial charge in [-0.15, -0.1) is 22.7 Å². The van der Waals surface area contributed by atoms with Crippen LogP contribution in [-0.2, 0) is 0 Å². The molecule has 116 valence electrons. The molecule has 2 fully saturated rings. The van der Waals surface area contributed by atoms with Gasteiger partial charge in [0.1, 0.15) is 0 Å². The van der Waals surface area contributed by atoms with Crippen molar-refractivity contribution in [3.8, 4) is 0 Å². The maximum atomic E-state index is 2.60. The van der Waals surface area contributed by atoms with Gasteiger partial charge in [0, 0.05) is 41.0 Å². The Hall–Kier alpha value is -0.900. The maximum absolute atomic E-state index is 2.60. The van der Waals surface area contributed by atoms with E-state index >= 15 is 0 Å². The van der Waals surface area contributed by atoms with Gasteiger partial charge in [0.25, 0.3) is 0 Å². The zero-order chi connectivity index (χ0) is 15.2. The van der Waals surface area contributed by atoms with E-state index in [1.165, 1.54) is 45.5 Å². The summed E-state index contributed by atoms with van der Waals surface area (Å²) in [6, 6.07) is 10.6. The first-order valence-electron chi connectivity index (χ1n) is 8.27. The number of allylic oxidation sites excluding steroid dienone is 1. The molecule has 2 saturated heterocycles. The molecular formula is C19H24NS2+. The van der Waals surface area contributed by atoms with Gasteiger partial charge in [0.05, 0.1) is 26.2 Å². The van der Waals surface area contributed by atoms with Gasteiger partial charge in [-0.3, -0.25) is 0 Å². The SMILES string of the molecule is C[N+]1(C)[C@@H]2CC[C@H]1CC(C=C(c1cccs1)c1cccs1)C2. The zero-order valence-electron chi connectivity index (χ0n) is 13.4. The molecule has 2 aliphatic heterocycles. The fourth-order valence-electron chi connectivity index (χ4n) is 4.44. The van der Waals surface area contributed by atoms with Crippen molar-refractivity contribution in [1.29, 1.82) is 0 Å². The fourth-order valence-corrected chi connectivity index (χ4v) is 6.04. The van der Waals surface area contributed by atoms with Gasteiger partial charge < -0.3 is 4.48 Å². The summed E-state index contributed by atoms with van der Waals surface area (Å²) in [6.45, 7) is 0. The van der Waals surface area contributed by atoms with E-state index in [2.05, 4.69) is 55.2 Å². The van der Waals surface area contributed by atoms with E-state index in [0.29, 0.717) is 0 Å². The molecule has 4 heterocycles. The van der Waals surface area contributed by atoms with Crippen LogP contribution in [0.5, 0.6) is 0 Å². The second-order valence-corrected chi connectivity index (χ2v) is 9.18. The first-order valence-corrected chi connectivity index (χ1v) is 10.0. The largest absolute Gasteiger partial charge is 0.324 e. The van der Waals surface area contributed by atoms with Crippen molar-refractivity contribution in [2.45, 2.75) is 37.8 Å². The summed E-state index contributed by atoms with van der Waals surface area (Å²) in [5, 5.41) is 4.39. The predicted molar refractivity (Wildman–Crippen MR) is 97.4 cm³/mol. The summed E-state index contributed by atoms with van der Waals surface area (Å²) in [4.78, 5) is 2.85. The summed E-state index contributed by atoms with van der Waals surface area (Å²) in [5.74, 6) is 0.753. The van der Waals surface area contributed by atoms with E-state index in [1.807, 2.05) is 22.7 Å². The Morgan fingerprint density at radius 3 is 2.00 bits per heavy atom. The number of piperidine rings is 1. The van der Waals surface area contributed by atoms with Gasteiger partial charge in [-0.25, -0.2) is 0 Å². The predicted octanol–water partition coefficient (Wildman–Crippen LogP) is 5.26.